The molecule has 12 nitrogen and oxygen atoms in total. The molecule has 4 aliphatic rings. The van der Waals surface area contributed by atoms with E-state index in [1.807, 2.05) is 13.8 Å². The molecule has 2 atom stereocenters. The number of nitrogens with zero attached hydrogens (tertiary/aromatic N) is 4. The van der Waals surface area contributed by atoms with Gasteiger partial charge in [0.1, 0.15) is 11.2 Å². The first-order chi connectivity index (χ1) is 17.6. The zero-order valence-electron chi connectivity index (χ0n) is 21.2. The predicted molar refractivity (Wildman–Crippen MR) is 133 cm³/mol. The first kappa shape index (κ1) is 24.8. The van der Waals surface area contributed by atoms with Crippen LogP contribution in [0, 0.1) is 17.8 Å². The first-order valence-electron chi connectivity index (χ1n) is 12.5. The molecule has 0 saturated heterocycles. The summed E-state index contributed by atoms with van der Waals surface area (Å²) in [6, 6.07) is 1.75. The van der Waals surface area contributed by atoms with E-state index in [1.54, 1.807) is 40.1 Å². The molecule has 2 aromatic rings. The summed E-state index contributed by atoms with van der Waals surface area (Å²) in [4.78, 5) is 36.8. The van der Waals surface area contributed by atoms with Crippen LogP contribution in [0.2, 0.25) is 0 Å². The van der Waals surface area contributed by atoms with Crippen molar-refractivity contribution in [2.75, 3.05) is 7.11 Å². The molecule has 2 unspecified atom stereocenters. The number of amides is 3. The molecular weight excluding hydrogens is 478 g/mol. The van der Waals surface area contributed by atoms with Gasteiger partial charge in [-0.1, -0.05) is 0 Å². The van der Waals surface area contributed by atoms with Crippen molar-refractivity contribution in [3.05, 3.63) is 36.3 Å². The molecule has 0 radical (unpaired) electrons. The summed E-state index contributed by atoms with van der Waals surface area (Å²) in [6.45, 7) is 3.62. The van der Waals surface area contributed by atoms with E-state index >= 15 is 0 Å². The third-order valence-corrected chi connectivity index (χ3v) is 7.81. The maximum Gasteiger partial charge on any atom is 0.407 e. The third-order valence-electron chi connectivity index (χ3n) is 7.81. The standard InChI is InChI=1S/C25H33N7O5/c1-24(2,30-23(35)36-3)5-8-32-21(31-7-4-6-27-31)18(14-28-32)20(33)29-19-16-9-15-10-17(19)13-25(11-15,12-16)37-22(26)34/h4-8,14-17,19H,9-13H2,1-3H3,(H2,26,34)(H,29,33)(H,30,35). The van der Waals surface area contributed by atoms with Gasteiger partial charge in [-0.3, -0.25) is 4.79 Å². The third kappa shape index (κ3) is 4.92. The van der Waals surface area contributed by atoms with Crippen LogP contribution in [-0.4, -0.2) is 61.9 Å². The molecular formula is C25H33N7O5. The Labute approximate surface area is 214 Å². The molecule has 3 amide bonds. The van der Waals surface area contributed by atoms with Crippen LogP contribution < -0.4 is 16.4 Å². The van der Waals surface area contributed by atoms with Gasteiger partial charge in [-0.05, 0) is 75.8 Å². The monoisotopic (exact) mass is 511 g/mol. The van der Waals surface area contributed by atoms with E-state index in [2.05, 4.69) is 25.6 Å². The highest BCUT2D eigenvalue weighted by atomic mass is 16.6. The highest BCUT2D eigenvalue weighted by Gasteiger charge is 2.57. The van der Waals surface area contributed by atoms with Gasteiger partial charge < -0.3 is 25.8 Å². The molecule has 6 rings (SSSR count). The van der Waals surface area contributed by atoms with E-state index in [4.69, 9.17) is 10.5 Å². The van der Waals surface area contributed by atoms with Gasteiger partial charge in [0.15, 0.2) is 5.82 Å². The van der Waals surface area contributed by atoms with Crippen molar-refractivity contribution in [1.29, 1.82) is 0 Å². The fraction of sp³-hybridized carbons (Fsp3) is 0.560. The van der Waals surface area contributed by atoms with Gasteiger partial charge in [0, 0.05) is 24.6 Å². The van der Waals surface area contributed by atoms with Crippen molar-refractivity contribution >= 4 is 24.3 Å². The Balaban J connectivity index is 1.37. The lowest BCUT2D eigenvalue weighted by Crippen LogP contribution is -2.63. The molecule has 4 fully saturated rings. The average molecular weight is 512 g/mol. The Hall–Kier alpha value is -3.83. The summed E-state index contributed by atoms with van der Waals surface area (Å²) < 4.78 is 13.4. The van der Waals surface area contributed by atoms with Gasteiger partial charge in [0.25, 0.3) is 5.91 Å². The van der Waals surface area contributed by atoms with Crippen LogP contribution in [0.25, 0.3) is 12.0 Å². The van der Waals surface area contributed by atoms with Crippen molar-refractivity contribution in [1.82, 2.24) is 30.2 Å². The van der Waals surface area contributed by atoms with Gasteiger partial charge in [-0.25, -0.2) is 19.0 Å². The summed E-state index contributed by atoms with van der Waals surface area (Å²) in [5, 5.41) is 14.7. The summed E-state index contributed by atoms with van der Waals surface area (Å²) >= 11 is 0. The molecule has 0 aliphatic heterocycles. The number of nitrogens with two attached hydrogens (primary N) is 1. The minimum absolute atomic E-state index is 0.0128. The van der Waals surface area contributed by atoms with Crippen LogP contribution >= 0.6 is 0 Å². The van der Waals surface area contributed by atoms with Crippen molar-refractivity contribution in [3.8, 4) is 5.82 Å². The van der Waals surface area contributed by atoms with E-state index in [0.29, 0.717) is 30.1 Å². The van der Waals surface area contributed by atoms with Crippen molar-refractivity contribution in [2.24, 2.45) is 23.5 Å². The number of carbonyl (C=O) groups is 3. The summed E-state index contributed by atoms with van der Waals surface area (Å²) in [6.07, 6.45) is 11.3. The molecule has 2 aromatic heterocycles. The van der Waals surface area contributed by atoms with Crippen LogP contribution in [0.4, 0.5) is 9.59 Å². The van der Waals surface area contributed by atoms with Gasteiger partial charge in [0.2, 0.25) is 0 Å². The highest BCUT2D eigenvalue weighted by molar-refractivity contribution is 5.97. The number of aromatic nitrogens is 4. The lowest BCUT2D eigenvalue weighted by molar-refractivity contribution is -0.137. The molecule has 0 aromatic carbocycles. The largest absolute Gasteiger partial charge is 0.453 e. The Bertz CT molecular complexity index is 1200. The van der Waals surface area contributed by atoms with Crippen molar-refractivity contribution in [2.45, 2.75) is 63.1 Å². The summed E-state index contributed by atoms with van der Waals surface area (Å²) in [7, 11) is 1.30. The maximum absolute atomic E-state index is 13.6. The molecule has 0 spiro atoms. The van der Waals surface area contributed by atoms with Gasteiger partial charge in [-0.2, -0.15) is 10.2 Å². The minimum Gasteiger partial charge on any atom is -0.453 e. The van der Waals surface area contributed by atoms with E-state index in [9.17, 15) is 14.4 Å². The molecule has 37 heavy (non-hydrogen) atoms. The van der Waals surface area contributed by atoms with Crippen LogP contribution in [0.3, 0.4) is 0 Å². The quantitative estimate of drug-likeness (QED) is 0.515. The summed E-state index contributed by atoms with van der Waals surface area (Å²) in [5.41, 5.74) is 4.53. The van der Waals surface area contributed by atoms with Crippen LogP contribution in [0.1, 0.15) is 56.3 Å². The SMILES string of the molecule is COC(=O)NC(C)(C)C=Cn1ncc(C(=O)NC2C3CC4CC2CC(OC(N)=O)(C4)C3)c1-n1cccn1. The van der Waals surface area contributed by atoms with Gasteiger partial charge in [0.05, 0.1) is 18.8 Å². The highest BCUT2D eigenvalue weighted by Crippen LogP contribution is 2.57. The number of hydrogen-bond donors (Lipinski definition) is 3. The lowest BCUT2D eigenvalue weighted by Gasteiger charge is -2.58. The smallest absolute Gasteiger partial charge is 0.407 e. The molecule has 4 saturated carbocycles. The van der Waals surface area contributed by atoms with Gasteiger partial charge >= 0.3 is 12.2 Å². The lowest BCUT2D eigenvalue weighted by atomic mass is 9.52. The molecule has 12 heteroatoms. The number of methoxy groups -OCH3 is 1. The zero-order chi connectivity index (χ0) is 26.4. The molecule has 4 N–H and O–H groups in total. The number of hydrogen-bond acceptors (Lipinski definition) is 7. The van der Waals surface area contributed by atoms with E-state index in [-0.39, 0.29) is 23.8 Å². The second-order valence-electron chi connectivity index (χ2n) is 11.0. The number of nitrogens with one attached hydrogen (secondary N) is 2. The Kier molecular flexibility index (Phi) is 6.20. The Morgan fingerprint density at radius 3 is 2.54 bits per heavy atom. The van der Waals surface area contributed by atoms with E-state index in [1.165, 1.54) is 13.3 Å². The molecule has 4 bridgehead atoms. The normalized spacial score (nSPS) is 28.3. The fourth-order valence-corrected chi connectivity index (χ4v) is 6.61. The second kappa shape index (κ2) is 9.24. The average Bonchev–Trinajstić information content (AvgIpc) is 3.48. The number of carbonyl (C=O) groups excluding carboxylic acids is 3. The summed E-state index contributed by atoms with van der Waals surface area (Å²) in [5.74, 6) is 1.18. The van der Waals surface area contributed by atoms with Crippen LogP contribution in [-0.2, 0) is 9.47 Å². The van der Waals surface area contributed by atoms with Crippen molar-refractivity contribution < 1.29 is 23.9 Å². The van der Waals surface area contributed by atoms with Crippen LogP contribution in [0.5, 0.6) is 0 Å². The molecule has 4 aliphatic carbocycles. The predicted octanol–water partition coefficient (Wildman–Crippen LogP) is 2.45. The van der Waals surface area contributed by atoms with E-state index in [0.717, 1.165) is 19.3 Å². The molecule has 2 heterocycles. The second-order valence-corrected chi connectivity index (χ2v) is 11.0. The number of primary amides is 1. The Morgan fingerprint density at radius 2 is 1.92 bits per heavy atom. The first-order valence-corrected chi connectivity index (χ1v) is 12.5. The fourth-order valence-electron chi connectivity index (χ4n) is 6.61. The van der Waals surface area contributed by atoms with E-state index < -0.39 is 23.3 Å². The zero-order valence-corrected chi connectivity index (χ0v) is 21.2. The Morgan fingerprint density at radius 1 is 1.19 bits per heavy atom. The number of alkyl carbamates (subject to hydrolysis) is 1. The number of ether oxygens (including phenoxy) is 2. The molecule has 198 valence electrons. The van der Waals surface area contributed by atoms with Crippen LogP contribution in [0.15, 0.2) is 30.7 Å². The van der Waals surface area contributed by atoms with Gasteiger partial charge in [-0.15, -0.1) is 0 Å². The van der Waals surface area contributed by atoms with Crippen molar-refractivity contribution in [3.63, 3.8) is 0 Å². The topological polar surface area (TPSA) is 155 Å². The number of rotatable bonds is 7. The maximum atomic E-state index is 13.6. The minimum atomic E-state index is -0.730.